The average molecular weight is 526 g/mol. The summed E-state index contributed by atoms with van der Waals surface area (Å²) in [6, 6.07) is 2.05. The second kappa shape index (κ2) is 9.79. The molecule has 2 aromatic rings. The van der Waals surface area contributed by atoms with Crippen molar-refractivity contribution >= 4 is 28.6 Å². The van der Waals surface area contributed by atoms with Crippen molar-refractivity contribution in [3.05, 3.63) is 40.3 Å². The Balaban J connectivity index is 0.000000251. The first-order valence-corrected chi connectivity index (χ1v) is 12.3. The smallest absolute Gasteiger partial charge is 0.208 e. The Labute approximate surface area is 213 Å². The van der Waals surface area contributed by atoms with Crippen LogP contribution < -0.4 is 11.1 Å². The number of fused-ring (bicyclic) bond motifs is 3. The lowest BCUT2D eigenvalue weighted by Crippen LogP contribution is -2.43. The second-order valence-electron chi connectivity index (χ2n) is 10.2. The highest BCUT2D eigenvalue weighted by Gasteiger charge is 2.41. The van der Waals surface area contributed by atoms with Gasteiger partial charge in [-0.2, -0.15) is 0 Å². The maximum Gasteiger partial charge on any atom is 0.208 e. The van der Waals surface area contributed by atoms with Crippen molar-refractivity contribution in [1.82, 2.24) is 14.9 Å². The van der Waals surface area contributed by atoms with Crippen LogP contribution in [0.15, 0.2) is 28.0 Å². The summed E-state index contributed by atoms with van der Waals surface area (Å²) in [5.41, 5.74) is 5.47. The molecule has 2 fully saturated rings. The van der Waals surface area contributed by atoms with Crippen molar-refractivity contribution in [2.45, 2.75) is 89.1 Å². The molecule has 10 nitrogen and oxygen atoms in total. The van der Waals surface area contributed by atoms with E-state index in [0.29, 0.717) is 23.3 Å². The minimum absolute atomic E-state index is 0.0104. The molecule has 0 saturated carbocycles. The summed E-state index contributed by atoms with van der Waals surface area (Å²) in [5.74, 6) is -0.554. The van der Waals surface area contributed by atoms with Crippen LogP contribution in [0.3, 0.4) is 0 Å². The molecule has 0 amide bonds. The standard InChI is InChI=1S/C17H21ClFN5O2.C7H12O3/c1-7(2)24-10-6-8(12-11(18)14(25)23-16(20)22-12)5-9(19)13(10)21-15(24)17(3,4)26;8-5-3-4-1-2-6(10-4)7(5)9/h5-7,12,25-26H,1-4H3,(H3,20,22,23);4-9H,1-3H2/t;4-,5?,6?,7?/m.0/s1. The van der Waals surface area contributed by atoms with Crippen LogP contribution in [0.1, 0.15) is 70.4 Å². The molecule has 36 heavy (non-hydrogen) atoms. The van der Waals surface area contributed by atoms with Crippen LogP contribution in [0.4, 0.5) is 4.39 Å². The number of aliphatic hydroxyl groups excluding tert-OH is 3. The van der Waals surface area contributed by atoms with E-state index >= 15 is 0 Å². The van der Waals surface area contributed by atoms with Crippen LogP contribution >= 0.6 is 11.6 Å². The molecule has 1 aromatic heterocycles. The first-order chi connectivity index (χ1) is 16.8. The molecule has 5 atom stereocenters. The third-order valence-corrected chi connectivity index (χ3v) is 6.94. The third kappa shape index (κ3) is 5.03. The monoisotopic (exact) mass is 525 g/mol. The Morgan fingerprint density at radius 1 is 1.28 bits per heavy atom. The third-order valence-electron chi connectivity index (χ3n) is 6.55. The van der Waals surface area contributed by atoms with Crippen molar-refractivity contribution in [3.8, 4) is 0 Å². The van der Waals surface area contributed by atoms with Gasteiger partial charge in [-0.1, -0.05) is 11.6 Å². The van der Waals surface area contributed by atoms with Crippen molar-refractivity contribution in [3.63, 3.8) is 0 Å². The largest absolute Gasteiger partial charge is 0.494 e. The molecule has 0 radical (unpaired) electrons. The fraction of sp³-hybridized carbons (Fsp3) is 0.583. The number of imidazole rings is 1. The van der Waals surface area contributed by atoms with E-state index in [0.717, 1.165) is 12.8 Å². The van der Waals surface area contributed by atoms with E-state index in [-0.39, 0.29) is 40.6 Å². The number of rotatable bonds is 3. The summed E-state index contributed by atoms with van der Waals surface area (Å²) in [7, 11) is 0. The van der Waals surface area contributed by atoms with Gasteiger partial charge in [0, 0.05) is 12.5 Å². The highest BCUT2D eigenvalue weighted by Crippen LogP contribution is 2.37. The van der Waals surface area contributed by atoms with Gasteiger partial charge in [0.15, 0.2) is 11.8 Å². The Kier molecular flexibility index (Phi) is 7.24. The molecule has 0 spiro atoms. The van der Waals surface area contributed by atoms with Gasteiger partial charge in [-0.15, -0.1) is 0 Å². The molecule has 4 unspecified atom stereocenters. The Morgan fingerprint density at radius 3 is 2.61 bits per heavy atom. The number of aliphatic imine (C=N–C) groups is 1. The van der Waals surface area contributed by atoms with Gasteiger partial charge in [0.1, 0.15) is 34.1 Å². The minimum atomic E-state index is -1.25. The molecule has 1 aromatic carbocycles. The predicted molar refractivity (Wildman–Crippen MR) is 133 cm³/mol. The van der Waals surface area contributed by atoms with Crippen molar-refractivity contribution in [2.75, 3.05) is 0 Å². The lowest BCUT2D eigenvalue weighted by molar-refractivity contribution is -0.136. The Morgan fingerprint density at radius 2 is 1.97 bits per heavy atom. The number of nitrogens with two attached hydrogens (primary N) is 1. The molecule has 198 valence electrons. The van der Waals surface area contributed by atoms with Crippen molar-refractivity contribution in [1.29, 1.82) is 0 Å². The number of benzene rings is 1. The van der Waals surface area contributed by atoms with E-state index in [9.17, 15) is 24.8 Å². The number of nitrogens with one attached hydrogen (secondary N) is 1. The number of hydrogen-bond acceptors (Lipinski definition) is 9. The number of ether oxygens (including phenoxy) is 1. The van der Waals surface area contributed by atoms with Crippen LogP contribution in [0.2, 0.25) is 0 Å². The minimum Gasteiger partial charge on any atom is -0.494 e. The summed E-state index contributed by atoms with van der Waals surface area (Å²) in [6.45, 7) is 7.03. The zero-order chi connectivity index (χ0) is 26.5. The predicted octanol–water partition coefficient (Wildman–Crippen LogP) is 2.57. The molecule has 0 aliphatic carbocycles. The Bertz CT molecular complexity index is 1210. The molecule has 2 bridgehead atoms. The Hall–Kier alpha value is -2.44. The van der Waals surface area contributed by atoms with E-state index in [1.807, 2.05) is 13.8 Å². The molecule has 3 aliphatic rings. The highest BCUT2D eigenvalue weighted by molar-refractivity contribution is 6.31. The van der Waals surface area contributed by atoms with Gasteiger partial charge in [0.25, 0.3) is 0 Å². The number of hydrogen-bond donors (Lipinski definition) is 6. The van der Waals surface area contributed by atoms with Crippen LogP contribution in [-0.4, -0.2) is 60.4 Å². The van der Waals surface area contributed by atoms with Crippen LogP contribution in [0.5, 0.6) is 0 Å². The van der Waals surface area contributed by atoms with Gasteiger partial charge >= 0.3 is 0 Å². The molecule has 3 aliphatic heterocycles. The average Bonchev–Trinajstić information content (AvgIpc) is 3.38. The normalized spacial score (nSPS) is 28.2. The van der Waals surface area contributed by atoms with Crippen LogP contribution in [-0.2, 0) is 10.3 Å². The molecule has 12 heteroatoms. The lowest BCUT2D eigenvalue weighted by Gasteiger charge is -2.29. The van der Waals surface area contributed by atoms with E-state index < -0.39 is 29.7 Å². The highest BCUT2D eigenvalue weighted by atomic mass is 35.5. The van der Waals surface area contributed by atoms with Gasteiger partial charge in [-0.05, 0) is 58.2 Å². The maximum absolute atomic E-state index is 14.8. The molecule has 2 saturated heterocycles. The quantitative estimate of drug-likeness (QED) is 0.357. The van der Waals surface area contributed by atoms with E-state index in [1.54, 1.807) is 24.5 Å². The number of halogens is 2. The molecule has 4 heterocycles. The number of guanidine groups is 1. The zero-order valence-corrected chi connectivity index (χ0v) is 21.4. The van der Waals surface area contributed by atoms with Crippen LogP contribution in [0.25, 0.3) is 11.0 Å². The fourth-order valence-corrected chi connectivity index (χ4v) is 5.08. The van der Waals surface area contributed by atoms with Gasteiger partial charge in [-0.3, -0.25) is 5.32 Å². The summed E-state index contributed by atoms with van der Waals surface area (Å²) < 4.78 is 21.9. The number of aromatic nitrogens is 2. The summed E-state index contributed by atoms with van der Waals surface area (Å²) in [5, 5.41) is 41.2. The SMILES string of the molecule is CC(C)n1c(C(C)(C)O)nc2c(F)cc(C3N=C(N)NC(O)=C3Cl)cc21.OC1C[C@@H]2CCC(O2)C1O. The summed E-state index contributed by atoms with van der Waals surface area (Å²) in [4.78, 5) is 8.46. The zero-order valence-electron chi connectivity index (χ0n) is 20.6. The summed E-state index contributed by atoms with van der Waals surface area (Å²) in [6.07, 6.45) is 1.45. The fourth-order valence-electron chi connectivity index (χ4n) is 4.86. The molecular weight excluding hydrogens is 493 g/mol. The van der Waals surface area contributed by atoms with Crippen molar-refractivity contribution in [2.24, 2.45) is 10.7 Å². The topological polar surface area (TPSA) is 158 Å². The number of aliphatic hydroxyl groups is 4. The first kappa shape index (κ1) is 26.6. The van der Waals surface area contributed by atoms with Gasteiger partial charge in [-0.25, -0.2) is 14.4 Å². The molecule has 5 rings (SSSR count). The van der Waals surface area contributed by atoms with Crippen LogP contribution in [0, 0.1) is 5.82 Å². The van der Waals surface area contributed by atoms with E-state index in [2.05, 4.69) is 15.3 Å². The number of nitrogens with zero attached hydrogens (tertiary/aromatic N) is 3. The lowest BCUT2D eigenvalue weighted by atomic mass is 10.0. The van der Waals surface area contributed by atoms with Gasteiger partial charge in [0.05, 0.1) is 23.8 Å². The van der Waals surface area contributed by atoms with Gasteiger partial charge < -0.3 is 35.5 Å². The van der Waals surface area contributed by atoms with Crippen molar-refractivity contribution < 1.29 is 29.6 Å². The maximum atomic E-state index is 14.8. The molecular formula is C24H33ClFN5O5. The molecule has 7 N–H and O–H groups in total. The second-order valence-corrected chi connectivity index (χ2v) is 10.6. The van der Waals surface area contributed by atoms with Gasteiger partial charge in [0.2, 0.25) is 5.88 Å². The van der Waals surface area contributed by atoms with E-state index in [1.165, 1.54) is 6.07 Å². The summed E-state index contributed by atoms with van der Waals surface area (Å²) >= 11 is 6.14. The first-order valence-electron chi connectivity index (χ1n) is 11.9. The van der Waals surface area contributed by atoms with E-state index in [4.69, 9.17) is 22.1 Å².